The number of hydrogen-bond acceptors (Lipinski definition) is 3. The number of pyridine rings is 1. The number of furan rings is 1. The Hall–Kier alpha value is -7.47. The van der Waals surface area contributed by atoms with Gasteiger partial charge in [-0.25, -0.2) is 0 Å². The molecule has 12 aromatic rings. The molecule has 0 saturated heterocycles. The van der Waals surface area contributed by atoms with Crippen molar-refractivity contribution in [3.05, 3.63) is 230 Å². The molecule has 0 atom stereocenters. The van der Waals surface area contributed by atoms with Gasteiger partial charge in [-0.15, -0.1) is 48.0 Å². The van der Waals surface area contributed by atoms with Crippen molar-refractivity contribution in [3.8, 4) is 61.7 Å². The maximum atomic E-state index is 8.44. The minimum atomic E-state index is -1.50. The molecule has 73 heavy (non-hydrogen) atoms. The Morgan fingerprint density at radius 1 is 0.616 bits per heavy atom. The van der Waals surface area contributed by atoms with Gasteiger partial charge in [-0.3, -0.25) is 4.98 Å². The second-order valence-electron chi connectivity index (χ2n) is 20.2. The maximum Gasteiger partial charge on any atom is 0.121 e. The van der Waals surface area contributed by atoms with Gasteiger partial charge in [0.2, 0.25) is 0 Å². The van der Waals surface area contributed by atoms with E-state index in [1.165, 1.54) is 16.3 Å². The molecule has 0 spiro atoms. The summed E-state index contributed by atoms with van der Waals surface area (Å²) in [6.45, 7) is 15.2. The van der Waals surface area contributed by atoms with E-state index in [1.54, 1.807) is 0 Å². The Kier molecular flexibility index (Phi) is 13.5. The molecule has 0 aliphatic heterocycles. The smallest absolute Gasteiger partial charge is 0.121 e. The Bertz CT molecular complexity index is 3950. The normalized spacial score (nSPS) is 12.0. The quantitative estimate of drug-likeness (QED) is 0.107. The Morgan fingerprint density at radius 3 is 1.96 bits per heavy atom. The zero-order valence-corrected chi connectivity index (χ0v) is 45.7. The standard InChI is InChI=1S/C50H35N2O.C17H22NSi.Ir/c1-32(2)37-22-25-41-46(31-37)53-49-42(27-26-39(47(41)49)34-16-8-4-9-17-34)50-51-48-40-21-13-12-20-36(40)23-29-45(48)52(50)44-28-24-38(33-14-6-3-7-15-33)30-43(44)35-18-10-5-11-19-35;1-13(2)15-11-16(14-9-7-6-8-10-14)18-12-17(15)19(3,4)5;/h3-26,28-32H,1-2H3;6-9,11-13H,1-5H3;/q2*-1;/i;13D;. The average molecular weight is 1140 g/mol. The minimum absolute atomic E-state index is 0. The van der Waals surface area contributed by atoms with Crippen LogP contribution in [0.5, 0.6) is 0 Å². The van der Waals surface area contributed by atoms with Crippen LogP contribution in [0.2, 0.25) is 19.6 Å². The summed E-state index contributed by atoms with van der Waals surface area (Å²) in [6.07, 6.45) is 1.98. The molecule has 361 valence electrons. The number of rotatable bonds is 9. The third kappa shape index (κ3) is 9.55. The molecule has 0 amide bonds. The van der Waals surface area contributed by atoms with Gasteiger partial charge in [0, 0.05) is 49.7 Å². The Labute approximate surface area is 445 Å². The number of benzene rings is 9. The van der Waals surface area contributed by atoms with Crippen LogP contribution in [-0.4, -0.2) is 22.6 Å². The monoisotopic (exact) mass is 1140 g/mol. The fourth-order valence-electron chi connectivity index (χ4n) is 9.99. The molecule has 0 fully saturated rings. The molecule has 0 N–H and O–H groups in total. The average Bonchev–Trinajstić information content (AvgIpc) is 4.00. The zero-order valence-electron chi connectivity index (χ0n) is 43.3. The summed E-state index contributed by atoms with van der Waals surface area (Å²) in [5.74, 6) is 0.552. The Balaban J connectivity index is 0.000000252. The zero-order chi connectivity index (χ0) is 50.4. The molecular formula is C67H57IrN3OSi-2. The van der Waals surface area contributed by atoms with Gasteiger partial charge < -0.3 is 14.0 Å². The van der Waals surface area contributed by atoms with E-state index < -0.39 is 14.0 Å². The van der Waals surface area contributed by atoms with Gasteiger partial charge in [0.1, 0.15) is 5.58 Å². The summed E-state index contributed by atoms with van der Waals surface area (Å²) < 4.78 is 17.7. The first-order chi connectivity index (χ1) is 35.3. The van der Waals surface area contributed by atoms with Gasteiger partial charge in [-0.1, -0.05) is 215 Å². The van der Waals surface area contributed by atoms with Crippen molar-refractivity contribution in [2.24, 2.45) is 0 Å². The molecule has 9 aromatic carbocycles. The van der Waals surface area contributed by atoms with Gasteiger partial charge in [0.15, 0.2) is 0 Å². The summed E-state index contributed by atoms with van der Waals surface area (Å²) >= 11 is 0. The number of imidazole rings is 1. The van der Waals surface area contributed by atoms with Crippen LogP contribution < -0.4 is 5.19 Å². The first-order valence-corrected chi connectivity index (χ1v) is 28.4. The molecular weight excluding hydrogens is 1080 g/mol. The molecule has 12 rings (SSSR count). The predicted molar refractivity (Wildman–Crippen MR) is 306 cm³/mol. The molecule has 0 bridgehead atoms. The molecule has 0 unspecified atom stereocenters. The first kappa shape index (κ1) is 47.8. The summed E-state index contributed by atoms with van der Waals surface area (Å²) in [6, 6.07) is 77.1. The summed E-state index contributed by atoms with van der Waals surface area (Å²) in [4.78, 5) is 10.2. The van der Waals surface area contributed by atoms with Crippen molar-refractivity contribution >= 4 is 57.0 Å². The molecule has 0 saturated carbocycles. The van der Waals surface area contributed by atoms with Crippen LogP contribution in [0.25, 0.3) is 105 Å². The SMILES string of the molecule is CC(C)c1ccc2c(c1)oc1c(-c3nc4c5ccccc5ccc4n3-c3ccc(-c4ccccc4)cc3-c3ccccc3)[c-]cc(-c3ccccc3)c12.[2H]C(C)(C)c1cc(-c2[c-]cccc2)ncc1[Si](C)(C)C.[Ir]. The van der Waals surface area contributed by atoms with Crippen LogP contribution >= 0.6 is 0 Å². The first-order valence-electron chi connectivity index (χ1n) is 25.4. The van der Waals surface area contributed by atoms with Crippen molar-refractivity contribution in [1.29, 1.82) is 0 Å². The molecule has 3 aromatic heterocycles. The van der Waals surface area contributed by atoms with Crippen LogP contribution in [0.1, 0.15) is 52.0 Å². The third-order valence-corrected chi connectivity index (χ3v) is 15.8. The van der Waals surface area contributed by atoms with E-state index in [1.807, 2.05) is 44.3 Å². The minimum Gasteiger partial charge on any atom is -0.501 e. The van der Waals surface area contributed by atoms with Gasteiger partial charge in [0.25, 0.3) is 0 Å². The molecule has 1 radical (unpaired) electrons. The summed E-state index contributed by atoms with van der Waals surface area (Å²) in [5.41, 5.74) is 16.5. The second-order valence-corrected chi connectivity index (χ2v) is 25.2. The van der Waals surface area contributed by atoms with Crippen molar-refractivity contribution in [1.82, 2.24) is 14.5 Å². The second kappa shape index (κ2) is 20.6. The third-order valence-electron chi connectivity index (χ3n) is 13.8. The maximum absolute atomic E-state index is 8.44. The van der Waals surface area contributed by atoms with Crippen LogP contribution in [0.15, 0.2) is 211 Å². The topological polar surface area (TPSA) is 43.9 Å². The molecule has 6 heteroatoms. The van der Waals surface area contributed by atoms with E-state index in [0.29, 0.717) is 5.92 Å². The van der Waals surface area contributed by atoms with Gasteiger partial charge >= 0.3 is 0 Å². The van der Waals surface area contributed by atoms with Crippen molar-refractivity contribution < 1.29 is 25.9 Å². The van der Waals surface area contributed by atoms with Gasteiger partial charge in [0.05, 0.1) is 30.5 Å². The number of nitrogens with zero attached hydrogens (tertiary/aromatic N) is 3. The summed E-state index contributed by atoms with van der Waals surface area (Å²) in [7, 11) is -1.50. The van der Waals surface area contributed by atoms with E-state index in [9.17, 15) is 0 Å². The molecule has 0 aliphatic carbocycles. The predicted octanol–water partition coefficient (Wildman–Crippen LogP) is 17.9. The summed E-state index contributed by atoms with van der Waals surface area (Å²) in [5, 5.41) is 5.69. The Morgan fingerprint density at radius 2 is 1.29 bits per heavy atom. The molecule has 4 nitrogen and oxygen atoms in total. The van der Waals surface area contributed by atoms with E-state index in [2.05, 4.69) is 231 Å². The van der Waals surface area contributed by atoms with Gasteiger partial charge in [-0.05, 0) is 80.0 Å². The van der Waals surface area contributed by atoms with Crippen LogP contribution in [0, 0.1) is 12.1 Å². The van der Waals surface area contributed by atoms with E-state index in [0.717, 1.165) is 105 Å². The van der Waals surface area contributed by atoms with E-state index in [-0.39, 0.29) is 20.1 Å². The largest absolute Gasteiger partial charge is 0.501 e. The van der Waals surface area contributed by atoms with Crippen LogP contribution in [0.3, 0.4) is 0 Å². The van der Waals surface area contributed by atoms with Crippen molar-refractivity contribution in [3.63, 3.8) is 0 Å². The fraction of sp³-hybridized carbons (Fsp3) is 0.134. The van der Waals surface area contributed by atoms with Crippen LogP contribution in [-0.2, 0) is 20.1 Å². The van der Waals surface area contributed by atoms with E-state index in [4.69, 9.17) is 10.8 Å². The molecule has 0 aliphatic rings. The molecule has 3 heterocycles. The van der Waals surface area contributed by atoms with Crippen LogP contribution in [0.4, 0.5) is 0 Å². The van der Waals surface area contributed by atoms with Gasteiger partial charge in [-0.2, -0.15) is 0 Å². The number of fused-ring (bicyclic) bond motifs is 6. The number of aromatic nitrogens is 3. The van der Waals surface area contributed by atoms with Crippen molar-refractivity contribution in [2.45, 2.75) is 59.1 Å². The fourth-order valence-corrected chi connectivity index (χ4v) is 11.6. The number of hydrogen-bond donors (Lipinski definition) is 0. The van der Waals surface area contributed by atoms with Crippen molar-refractivity contribution in [2.75, 3.05) is 0 Å². The van der Waals surface area contributed by atoms with E-state index >= 15 is 0 Å².